The molecule has 0 atom stereocenters. The van der Waals surface area contributed by atoms with Crippen molar-refractivity contribution < 1.29 is 4.74 Å². The van der Waals surface area contributed by atoms with Gasteiger partial charge in [-0.3, -0.25) is 0 Å². The SMILES string of the molecule is CCn1cncc1COc1ccccc1Cl. The van der Waals surface area contributed by atoms with Crippen LogP contribution in [0.4, 0.5) is 0 Å². The fourth-order valence-corrected chi connectivity index (χ4v) is 1.66. The fraction of sp³-hybridized carbons (Fsp3) is 0.250. The van der Waals surface area contributed by atoms with Gasteiger partial charge in [0.25, 0.3) is 0 Å². The summed E-state index contributed by atoms with van der Waals surface area (Å²) in [6.07, 6.45) is 3.60. The van der Waals surface area contributed by atoms with Crippen molar-refractivity contribution in [1.82, 2.24) is 9.55 Å². The first-order valence-electron chi connectivity index (χ1n) is 5.17. The van der Waals surface area contributed by atoms with E-state index >= 15 is 0 Å². The number of halogens is 1. The molecule has 0 unspecified atom stereocenters. The van der Waals surface area contributed by atoms with Crippen LogP contribution in [0.1, 0.15) is 12.6 Å². The van der Waals surface area contributed by atoms with Crippen LogP contribution < -0.4 is 4.74 Å². The van der Waals surface area contributed by atoms with Gasteiger partial charge in [0, 0.05) is 6.54 Å². The smallest absolute Gasteiger partial charge is 0.138 e. The number of aryl methyl sites for hydroxylation is 1. The minimum absolute atomic E-state index is 0.484. The van der Waals surface area contributed by atoms with Crippen LogP contribution in [0.25, 0.3) is 0 Å². The molecule has 2 aromatic rings. The van der Waals surface area contributed by atoms with Gasteiger partial charge in [-0.15, -0.1) is 0 Å². The van der Waals surface area contributed by atoms with Gasteiger partial charge in [0.1, 0.15) is 12.4 Å². The summed E-state index contributed by atoms with van der Waals surface area (Å²) < 4.78 is 7.67. The summed E-state index contributed by atoms with van der Waals surface area (Å²) in [5.41, 5.74) is 1.04. The van der Waals surface area contributed by atoms with Crippen LogP contribution in [-0.4, -0.2) is 9.55 Å². The Morgan fingerprint density at radius 3 is 2.94 bits per heavy atom. The van der Waals surface area contributed by atoms with E-state index in [1.807, 2.05) is 28.8 Å². The van der Waals surface area contributed by atoms with Crippen molar-refractivity contribution >= 4 is 11.6 Å². The minimum Gasteiger partial charge on any atom is -0.486 e. The van der Waals surface area contributed by atoms with Gasteiger partial charge in [0.15, 0.2) is 0 Å². The molecule has 0 saturated heterocycles. The zero-order valence-corrected chi connectivity index (χ0v) is 9.81. The van der Waals surface area contributed by atoms with Crippen molar-refractivity contribution in [2.24, 2.45) is 0 Å². The molecule has 16 heavy (non-hydrogen) atoms. The molecule has 0 aliphatic heterocycles. The van der Waals surface area contributed by atoms with Crippen molar-refractivity contribution in [3.63, 3.8) is 0 Å². The van der Waals surface area contributed by atoms with E-state index in [0.29, 0.717) is 17.4 Å². The quantitative estimate of drug-likeness (QED) is 0.816. The summed E-state index contributed by atoms with van der Waals surface area (Å²) in [5.74, 6) is 0.702. The van der Waals surface area contributed by atoms with Crippen LogP contribution in [0.5, 0.6) is 5.75 Å². The molecule has 0 N–H and O–H groups in total. The summed E-state index contributed by atoms with van der Waals surface area (Å²) in [6.45, 7) is 3.44. The average Bonchev–Trinajstić information content (AvgIpc) is 2.75. The number of aromatic nitrogens is 2. The highest BCUT2D eigenvalue weighted by atomic mass is 35.5. The topological polar surface area (TPSA) is 27.1 Å². The summed E-state index contributed by atoms with van der Waals surface area (Å²) in [7, 11) is 0. The maximum absolute atomic E-state index is 5.99. The van der Waals surface area contributed by atoms with E-state index in [2.05, 4.69) is 11.9 Å². The number of hydrogen-bond donors (Lipinski definition) is 0. The second-order valence-electron chi connectivity index (χ2n) is 3.39. The Labute approximate surface area is 99.6 Å². The van der Waals surface area contributed by atoms with Crippen LogP contribution in [0.2, 0.25) is 5.02 Å². The number of rotatable bonds is 4. The maximum atomic E-state index is 5.99. The van der Waals surface area contributed by atoms with Crippen molar-refractivity contribution in [2.75, 3.05) is 0 Å². The lowest BCUT2D eigenvalue weighted by Gasteiger charge is -2.08. The van der Waals surface area contributed by atoms with Gasteiger partial charge in [0.2, 0.25) is 0 Å². The molecule has 0 saturated carbocycles. The van der Waals surface area contributed by atoms with Crippen molar-refractivity contribution in [3.8, 4) is 5.75 Å². The second kappa shape index (κ2) is 5.03. The lowest BCUT2D eigenvalue weighted by molar-refractivity contribution is 0.295. The highest BCUT2D eigenvalue weighted by molar-refractivity contribution is 6.32. The first-order valence-corrected chi connectivity index (χ1v) is 5.55. The summed E-state index contributed by atoms with van der Waals surface area (Å²) in [4.78, 5) is 4.08. The zero-order chi connectivity index (χ0) is 11.4. The summed E-state index contributed by atoms with van der Waals surface area (Å²) in [5, 5.41) is 0.630. The van der Waals surface area contributed by atoms with Crippen LogP contribution in [0.15, 0.2) is 36.8 Å². The molecule has 0 amide bonds. The molecule has 0 fully saturated rings. The predicted octanol–water partition coefficient (Wildman–Crippen LogP) is 3.14. The van der Waals surface area contributed by atoms with Crippen LogP contribution >= 0.6 is 11.6 Å². The van der Waals surface area contributed by atoms with Gasteiger partial charge in [-0.2, -0.15) is 0 Å². The Morgan fingerprint density at radius 1 is 1.38 bits per heavy atom. The molecule has 1 aromatic carbocycles. The molecule has 0 aliphatic carbocycles. The van der Waals surface area contributed by atoms with Gasteiger partial charge in [0.05, 0.1) is 23.2 Å². The van der Waals surface area contributed by atoms with Gasteiger partial charge in [-0.25, -0.2) is 4.98 Å². The van der Waals surface area contributed by atoms with Crippen molar-refractivity contribution in [1.29, 1.82) is 0 Å². The van der Waals surface area contributed by atoms with Crippen LogP contribution in [0, 0.1) is 0 Å². The van der Waals surface area contributed by atoms with E-state index in [-0.39, 0.29) is 0 Å². The standard InChI is InChI=1S/C12H13ClN2O/c1-2-15-9-14-7-10(15)8-16-12-6-4-3-5-11(12)13/h3-7,9H,2,8H2,1H3. The number of benzene rings is 1. The van der Waals surface area contributed by atoms with E-state index in [4.69, 9.17) is 16.3 Å². The highest BCUT2D eigenvalue weighted by Crippen LogP contribution is 2.23. The van der Waals surface area contributed by atoms with E-state index in [1.54, 1.807) is 12.5 Å². The Bertz CT molecular complexity index is 468. The van der Waals surface area contributed by atoms with E-state index < -0.39 is 0 Å². The number of ether oxygens (including phenoxy) is 1. The van der Waals surface area contributed by atoms with Gasteiger partial charge in [-0.05, 0) is 19.1 Å². The summed E-state index contributed by atoms with van der Waals surface area (Å²) in [6, 6.07) is 7.45. The largest absolute Gasteiger partial charge is 0.486 e. The molecular formula is C12H13ClN2O. The number of para-hydroxylation sites is 1. The average molecular weight is 237 g/mol. The Balaban J connectivity index is 2.05. The van der Waals surface area contributed by atoms with E-state index in [0.717, 1.165) is 12.2 Å². The van der Waals surface area contributed by atoms with Crippen molar-refractivity contribution in [3.05, 3.63) is 47.5 Å². The Hall–Kier alpha value is -1.48. The monoisotopic (exact) mass is 236 g/mol. The van der Waals surface area contributed by atoms with E-state index in [9.17, 15) is 0 Å². The summed E-state index contributed by atoms with van der Waals surface area (Å²) >= 11 is 5.99. The molecule has 0 radical (unpaired) electrons. The van der Waals surface area contributed by atoms with Gasteiger partial charge >= 0.3 is 0 Å². The molecule has 0 aliphatic rings. The zero-order valence-electron chi connectivity index (χ0n) is 9.06. The van der Waals surface area contributed by atoms with Crippen molar-refractivity contribution in [2.45, 2.75) is 20.1 Å². The third-order valence-electron chi connectivity index (χ3n) is 2.35. The lowest BCUT2D eigenvalue weighted by Crippen LogP contribution is -2.03. The molecule has 3 nitrogen and oxygen atoms in total. The Morgan fingerprint density at radius 2 is 2.19 bits per heavy atom. The minimum atomic E-state index is 0.484. The maximum Gasteiger partial charge on any atom is 0.138 e. The number of imidazole rings is 1. The first-order chi connectivity index (χ1) is 7.81. The molecular weight excluding hydrogens is 224 g/mol. The highest BCUT2D eigenvalue weighted by Gasteiger charge is 2.03. The molecule has 2 rings (SSSR count). The normalized spacial score (nSPS) is 10.4. The van der Waals surface area contributed by atoms with Gasteiger partial charge in [-0.1, -0.05) is 23.7 Å². The molecule has 0 bridgehead atoms. The molecule has 84 valence electrons. The van der Waals surface area contributed by atoms with Crippen LogP contribution in [-0.2, 0) is 13.2 Å². The Kier molecular flexibility index (Phi) is 3.47. The first kappa shape index (κ1) is 11.0. The molecule has 1 heterocycles. The predicted molar refractivity (Wildman–Crippen MR) is 63.7 cm³/mol. The third-order valence-corrected chi connectivity index (χ3v) is 2.66. The van der Waals surface area contributed by atoms with Crippen LogP contribution in [0.3, 0.4) is 0 Å². The molecule has 1 aromatic heterocycles. The second-order valence-corrected chi connectivity index (χ2v) is 3.80. The third kappa shape index (κ3) is 2.36. The number of hydrogen-bond acceptors (Lipinski definition) is 2. The molecule has 4 heteroatoms. The number of nitrogens with zero attached hydrogens (tertiary/aromatic N) is 2. The lowest BCUT2D eigenvalue weighted by atomic mass is 10.3. The fourth-order valence-electron chi connectivity index (χ4n) is 1.47. The molecule has 0 spiro atoms. The van der Waals surface area contributed by atoms with Gasteiger partial charge < -0.3 is 9.30 Å². The van der Waals surface area contributed by atoms with E-state index in [1.165, 1.54) is 0 Å².